The molecule has 1 fully saturated rings. The predicted molar refractivity (Wildman–Crippen MR) is 66.9 cm³/mol. The summed E-state index contributed by atoms with van der Waals surface area (Å²) in [5.74, 6) is -0.240. The number of nitrogens with zero attached hydrogens (tertiary/aromatic N) is 1. The zero-order valence-electron chi connectivity index (χ0n) is 10.3. The van der Waals surface area contributed by atoms with Crippen molar-refractivity contribution in [1.29, 1.82) is 5.26 Å². The van der Waals surface area contributed by atoms with E-state index in [4.69, 9.17) is 10.00 Å². The van der Waals surface area contributed by atoms with Gasteiger partial charge in [0, 0.05) is 6.04 Å². The zero-order valence-corrected chi connectivity index (χ0v) is 10.3. The molecule has 0 saturated carbocycles. The van der Waals surface area contributed by atoms with Crippen molar-refractivity contribution in [3.63, 3.8) is 0 Å². The Bertz CT molecular complexity index is 436. The van der Waals surface area contributed by atoms with Gasteiger partial charge >= 0.3 is 0 Å². The minimum Gasteiger partial charge on any atom is -0.490 e. The number of nitriles is 1. The largest absolute Gasteiger partial charge is 0.490 e. The Kier molecular flexibility index (Phi) is 4.54. The van der Waals surface area contributed by atoms with E-state index in [1.807, 2.05) is 6.07 Å². The van der Waals surface area contributed by atoms with Gasteiger partial charge in [0.15, 0.2) is 11.6 Å². The number of ether oxygens (including phenoxy) is 1. The van der Waals surface area contributed by atoms with Crippen LogP contribution in [0.1, 0.15) is 31.2 Å². The molecule has 1 aromatic rings. The van der Waals surface area contributed by atoms with Gasteiger partial charge in [-0.2, -0.15) is 5.26 Å². The molecule has 0 radical (unpaired) electrons. The first kappa shape index (κ1) is 12.8. The summed E-state index contributed by atoms with van der Waals surface area (Å²) in [4.78, 5) is 0. The summed E-state index contributed by atoms with van der Waals surface area (Å²) in [6.45, 7) is 1.57. The molecule has 1 atom stereocenters. The molecule has 0 aliphatic carbocycles. The minimum atomic E-state index is -0.467. The number of rotatable bonds is 4. The van der Waals surface area contributed by atoms with Crippen molar-refractivity contribution in [1.82, 2.24) is 5.32 Å². The Labute approximate surface area is 107 Å². The summed E-state index contributed by atoms with van der Waals surface area (Å²) in [5.41, 5.74) is 0.314. The highest BCUT2D eigenvalue weighted by Crippen LogP contribution is 2.19. The lowest BCUT2D eigenvalue weighted by Crippen LogP contribution is -2.35. The molecule has 0 aromatic heterocycles. The fourth-order valence-electron chi connectivity index (χ4n) is 2.17. The molecule has 1 unspecified atom stereocenters. The van der Waals surface area contributed by atoms with Gasteiger partial charge in [0.2, 0.25) is 0 Å². The maximum atomic E-state index is 13.5. The van der Waals surface area contributed by atoms with Crippen LogP contribution in [0.15, 0.2) is 18.2 Å². The fourth-order valence-corrected chi connectivity index (χ4v) is 2.17. The fraction of sp³-hybridized carbons (Fsp3) is 0.500. The van der Waals surface area contributed by atoms with Crippen LogP contribution in [0.3, 0.4) is 0 Å². The number of halogens is 1. The van der Waals surface area contributed by atoms with Crippen LogP contribution in [0.2, 0.25) is 0 Å². The highest BCUT2D eigenvalue weighted by atomic mass is 19.1. The molecule has 4 heteroatoms. The normalized spacial score (nSPS) is 19.2. The van der Waals surface area contributed by atoms with Gasteiger partial charge in [-0.3, -0.25) is 0 Å². The predicted octanol–water partition coefficient (Wildman–Crippen LogP) is 2.61. The number of hydrogen-bond donors (Lipinski definition) is 1. The second-order valence-electron chi connectivity index (χ2n) is 4.54. The topological polar surface area (TPSA) is 45.0 Å². The molecular weight excluding hydrogens is 231 g/mol. The van der Waals surface area contributed by atoms with Crippen LogP contribution in [0, 0.1) is 17.1 Å². The maximum Gasteiger partial charge on any atom is 0.166 e. The van der Waals surface area contributed by atoms with E-state index in [1.54, 1.807) is 6.07 Å². The molecule has 1 aliphatic heterocycles. The molecule has 3 nitrogen and oxygen atoms in total. The second kappa shape index (κ2) is 6.36. The molecule has 18 heavy (non-hydrogen) atoms. The number of benzene rings is 1. The van der Waals surface area contributed by atoms with E-state index >= 15 is 0 Å². The van der Waals surface area contributed by atoms with Gasteiger partial charge < -0.3 is 10.1 Å². The minimum absolute atomic E-state index is 0.227. The Morgan fingerprint density at radius 3 is 3.00 bits per heavy atom. The third-order valence-corrected chi connectivity index (χ3v) is 3.20. The van der Waals surface area contributed by atoms with Crippen LogP contribution >= 0.6 is 0 Å². The number of hydrogen-bond acceptors (Lipinski definition) is 3. The van der Waals surface area contributed by atoms with Crippen LogP contribution < -0.4 is 10.1 Å². The average Bonchev–Trinajstić information content (AvgIpc) is 2.42. The molecule has 96 valence electrons. The van der Waals surface area contributed by atoms with Crippen molar-refractivity contribution >= 4 is 0 Å². The summed E-state index contributed by atoms with van der Waals surface area (Å²) in [5, 5.41) is 12.1. The molecular formula is C14H17FN2O. The summed E-state index contributed by atoms with van der Waals surface area (Å²) in [6.07, 6.45) is 4.54. The lowest BCUT2D eigenvalue weighted by molar-refractivity contribution is 0.259. The SMILES string of the molecule is N#Cc1ccc(OCCC2CCCCN2)c(F)c1. The van der Waals surface area contributed by atoms with Gasteiger partial charge in [0.05, 0.1) is 18.2 Å². The quantitative estimate of drug-likeness (QED) is 0.890. The van der Waals surface area contributed by atoms with Crippen molar-refractivity contribution in [3.8, 4) is 11.8 Å². The van der Waals surface area contributed by atoms with E-state index in [0.29, 0.717) is 18.2 Å². The van der Waals surface area contributed by atoms with E-state index in [1.165, 1.54) is 31.4 Å². The van der Waals surface area contributed by atoms with E-state index in [0.717, 1.165) is 13.0 Å². The number of nitrogens with one attached hydrogen (secondary N) is 1. The van der Waals surface area contributed by atoms with Gasteiger partial charge in [0.25, 0.3) is 0 Å². The Balaban J connectivity index is 1.81. The standard InChI is InChI=1S/C14H17FN2O/c15-13-9-11(10-16)4-5-14(13)18-8-6-12-3-1-2-7-17-12/h4-5,9,12,17H,1-3,6-8H2. The van der Waals surface area contributed by atoms with Crippen molar-refractivity contribution in [2.45, 2.75) is 31.7 Å². The molecule has 2 rings (SSSR count). The third-order valence-electron chi connectivity index (χ3n) is 3.20. The van der Waals surface area contributed by atoms with Gasteiger partial charge in [-0.1, -0.05) is 6.42 Å². The van der Waals surface area contributed by atoms with Crippen LogP contribution in [-0.2, 0) is 0 Å². The highest BCUT2D eigenvalue weighted by molar-refractivity contribution is 5.35. The monoisotopic (exact) mass is 248 g/mol. The van der Waals surface area contributed by atoms with E-state index < -0.39 is 5.82 Å². The van der Waals surface area contributed by atoms with Crippen molar-refractivity contribution in [2.75, 3.05) is 13.2 Å². The number of piperidine rings is 1. The van der Waals surface area contributed by atoms with Crippen molar-refractivity contribution in [3.05, 3.63) is 29.6 Å². The first-order valence-corrected chi connectivity index (χ1v) is 6.35. The second-order valence-corrected chi connectivity index (χ2v) is 4.54. The highest BCUT2D eigenvalue weighted by Gasteiger charge is 2.12. The molecule has 0 amide bonds. The Morgan fingerprint density at radius 1 is 1.44 bits per heavy atom. The van der Waals surface area contributed by atoms with Crippen molar-refractivity contribution in [2.24, 2.45) is 0 Å². The van der Waals surface area contributed by atoms with Gasteiger partial charge in [0.1, 0.15) is 0 Å². The third kappa shape index (κ3) is 3.44. The van der Waals surface area contributed by atoms with Crippen LogP contribution in [0.5, 0.6) is 5.75 Å². The molecule has 1 heterocycles. The smallest absolute Gasteiger partial charge is 0.166 e. The van der Waals surface area contributed by atoms with Crippen molar-refractivity contribution < 1.29 is 9.13 Å². The molecule has 1 aliphatic rings. The summed E-state index contributed by atoms with van der Waals surface area (Å²) >= 11 is 0. The van der Waals surface area contributed by atoms with Crippen LogP contribution in [0.4, 0.5) is 4.39 Å². The molecule has 1 saturated heterocycles. The Hall–Kier alpha value is -1.60. The van der Waals surface area contributed by atoms with Gasteiger partial charge in [-0.05, 0) is 44.0 Å². The summed E-state index contributed by atoms with van der Waals surface area (Å²) < 4.78 is 18.9. The van der Waals surface area contributed by atoms with Gasteiger partial charge in [-0.25, -0.2) is 4.39 Å². The molecule has 0 bridgehead atoms. The summed E-state index contributed by atoms with van der Waals surface area (Å²) in [6, 6.07) is 6.67. The molecule has 1 aromatic carbocycles. The Morgan fingerprint density at radius 2 is 2.33 bits per heavy atom. The lowest BCUT2D eigenvalue weighted by atomic mass is 10.0. The van der Waals surface area contributed by atoms with E-state index in [2.05, 4.69) is 5.32 Å². The molecule has 1 N–H and O–H groups in total. The zero-order chi connectivity index (χ0) is 12.8. The molecule has 0 spiro atoms. The van der Waals surface area contributed by atoms with Crippen LogP contribution in [-0.4, -0.2) is 19.2 Å². The van der Waals surface area contributed by atoms with E-state index in [-0.39, 0.29) is 5.75 Å². The van der Waals surface area contributed by atoms with E-state index in [9.17, 15) is 4.39 Å². The average molecular weight is 248 g/mol. The lowest BCUT2D eigenvalue weighted by Gasteiger charge is -2.23. The van der Waals surface area contributed by atoms with Crippen LogP contribution in [0.25, 0.3) is 0 Å². The summed E-state index contributed by atoms with van der Waals surface area (Å²) in [7, 11) is 0. The van der Waals surface area contributed by atoms with Gasteiger partial charge in [-0.15, -0.1) is 0 Å². The maximum absolute atomic E-state index is 13.5. The first-order chi connectivity index (χ1) is 8.79. The first-order valence-electron chi connectivity index (χ1n) is 6.35.